The lowest BCUT2D eigenvalue weighted by atomic mass is 9.96. The van der Waals surface area contributed by atoms with E-state index in [0.717, 1.165) is 10.5 Å². The molecule has 0 radical (unpaired) electrons. The Bertz CT molecular complexity index is 899. The molecule has 0 aromatic heterocycles. The SMILES string of the molecule is C[C@H](/C=C/C(=O)O)[C@H](OC(=O)Nc1ccc(Br)cc1)c1cc(Br)cc(Br)c1O. The summed E-state index contributed by atoms with van der Waals surface area (Å²) in [7, 11) is 0. The van der Waals surface area contributed by atoms with Crippen LogP contribution in [0, 0.1) is 5.92 Å². The van der Waals surface area contributed by atoms with E-state index in [9.17, 15) is 14.7 Å². The lowest BCUT2D eigenvalue weighted by Crippen LogP contribution is -2.21. The van der Waals surface area contributed by atoms with Crippen LogP contribution in [0.1, 0.15) is 18.6 Å². The van der Waals surface area contributed by atoms with E-state index >= 15 is 0 Å². The van der Waals surface area contributed by atoms with Crippen LogP contribution in [0.25, 0.3) is 0 Å². The van der Waals surface area contributed by atoms with Crippen molar-refractivity contribution in [3.63, 3.8) is 0 Å². The summed E-state index contributed by atoms with van der Waals surface area (Å²) in [6.07, 6.45) is 0.699. The minimum atomic E-state index is -1.12. The summed E-state index contributed by atoms with van der Waals surface area (Å²) in [5, 5.41) is 21.9. The maximum Gasteiger partial charge on any atom is 0.412 e. The molecule has 9 heteroatoms. The molecule has 0 bridgehead atoms. The minimum absolute atomic E-state index is 0.0970. The number of aliphatic carboxylic acids is 1. The number of benzene rings is 2. The summed E-state index contributed by atoms with van der Waals surface area (Å²) < 4.78 is 7.48. The molecule has 0 spiro atoms. The number of ether oxygens (including phenoxy) is 1. The number of aromatic hydroxyl groups is 1. The number of carbonyl (C=O) groups is 2. The summed E-state index contributed by atoms with van der Waals surface area (Å²) in [6.45, 7) is 1.69. The van der Waals surface area contributed by atoms with Gasteiger partial charge < -0.3 is 14.9 Å². The number of phenols is 1. The second-order valence-corrected chi connectivity index (χ2v) is 8.53. The van der Waals surface area contributed by atoms with Crippen molar-refractivity contribution in [1.29, 1.82) is 0 Å². The summed E-state index contributed by atoms with van der Waals surface area (Å²) >= 11 is 9.91. The third-order valence-electron chi connectivity index (χ3n) is 3.71. The highest BCUT2D eigenvalue weighted by Crippen LogP contribution is 2.40. The monoisotopic (exact) mass is 575 g/mol. The summed E-state index contributed by atoms with van der Waals surface area (Å²) in [5.74, 6) is -1.75. The van der Waals surface area contributed by atoms with Gasteiger partial charge in [-0.25, -0.2) is 9.59 Å². The van der Waals surface area contributed by atoms with Crippen LogP contribution in [0.15, 0.2) is 62.0 Å². The van der Waals surface area contributed by atoms with E-state index in [0.29, 0.717) is 20.2 Å². The van der Waals surface area contributed by atoms with E-state index in [2.05, 4.69) is 53.1 Å². The average Bonchev–Trinajstić information content (AvgIpc) is 2.62. The van der Waals surface area contributed by atoms with Gasteiger partial charge in [0.25, 0.3) is 0 Å². The van der Waals surface area contributed by atoms with Gasteiger partial charge in [-0.15, -0.1) is 0 Å². The molecule has 6 nitrogen and oxygen atoms in total. The lowest BCUT2D eigenvalue weighted by molar-refractivity contribution is -0.131. The van der Waals surface area contributed by atoms with E-state index in [4.69, 9.17) is 9.84 Å². The van der Waals surface area contributed by atoms with E-state index in [1.807, 2.05) is 0 Å². The standard InChI is InChI=1S/C19H16Br3NO5/c1-10(2-7-16(24)25)18(14-8-12(21)9-15(22)17(14)26)28-19(27)23-13-5-3-11(20)4-6-13/h2-10,18,26H,1H3,(H,23,27)(H,24,25)/b7-2+/t10-,18+/m1/s1. The molecule has 0 saturated heterocycles. The molecule has 0 unspecified atom stereocenters. The molecule has 148 valence electrons. The van der Waals surface area contributed by atoms with Crippen LogP contribution in [0.5, 0.6) is 5.75 Å². The normalized spacial score (nSPS) is 13.1. The summed E-state index contributed by atoms with van der Waals surface area (Å²) in [6, 6.07) is 10.2. The number of carbonyl (C=O) groups excluding carboxylic acids is 1. The maximum atomic E-state index is 12.4. The Labute approximate surface area is 187 Å². The van der Waals surface area contributed by atoms with Crippen molar-refractivity contribution in [3.05, 3.63) is 67.5 Å². The number of anilines is 1. The van der Waals surface area contributed by atoms with Crippen LogP contribution in [-0.4, -0.2) is 22.3 Å². The highest BCUT2D eigenvalue weighted by molar-refractivity contribution is 9.11. The average molecular weight is 578 g/mol. The molecule has 1 amide bonds. The van der Waals surface area contributed by atoms with Crippen molar-refractivity contribution < 1.29 is 24.5 Å². The van der Waals surface area contributed by atoms with Gasteiger partial charge >= 0.3 is 12.1 Å². The molecule has 2 rings (SSSR count). The third kappa shape index (κ3) is 6.35. The van der Waals surface area contributed by atoms with Crippen LogP contribution < -0.4 is 5.32 Å². The van der Waals surface area contributed by atoms with Gasteiger partial charge in [-0.05, 0) is 52.3 Å². The van der Waals surface area contributed by atoms with Crippen LogP contribution in [0.4, 0.5) is 10.5 Å². The van der Waals surface area contributed by atoms with E-state index < -0.39 is 24.1 Å². The van der Waals surface area contributed by atoms with E-state index in [-0.39, 0.29) is 5.75 Å². The van der Waals surface area contributed by atoms with Crippen molar-refractivity contribution in [1.82, 2.24) is 0 Å². The predicted octanol–water partition coefficient (Wildman–Crippen LogP) is 6.25. The number of hydrogen-bond donors (Lipinski definition) is 3. The van der Waals surface area contributed by atoms with Gasteiger partial charge in [0, 0.05) is 32.2 Å². The zero-order chi connectivity index (χ0) is 20.8. The van der Waals surface area contributed by atoms with Gasteiger partial charge in [-0.2, -0.15) is 0 Å². The molecule has 2 aromatic rings. The fourth-order valence-corrected chi connectivity index (χ4v) is 3.91. The van der Waals surface area contributed by atoms with Crippen LogP contribution in [-0.2, 0) is 9.53 Å². The molecule has 0 aliphatic heterocycles. The van der Waals surface area contributed by atoms with E-state index in [1.54, 1.807) is 43.3 Å². The van der Waals surface area contributed by atoms with Crippen molar-refractivity contribution in [2.45, 2.75) is 13.0 Å². The zero-order valence-corrected chi connectivity index (χ0v) is 19.3. The van der Waals surface area contributed by atoms with Crippen LogP contribution in [0.2, 0.25) is 0 Å². The van der Waals surface area contributed by atoms with Crippen molar-refractivity contribution in [2.24, 2.45) is 5.92 Å². The number of rotatable bonds is 6. The quantitative estimate of drug-likeness (QED) is 0.353. The topological polar surface area (TPSA) is 95.9 Å². The first kappa shape index (κ1) is 22.4. The maximum absolute atomic E-state index is 12.4. The first-order chi connectivity index (χ1) is 13.2. The van der Waals surface area contributed by atoms with Crippen molar-refractivity contribution in [2.75, 3.05) is 5.32 Å². The smallest absolute Gasteiger partial charge is 0.412 e. The Morgan fingerprint density at radius 3 is 2.36 bits per heavy atom. The number of amides is 1. The highest BCUT2D eigenvalue weighted by Gasteiger charge is 2.26. The Morgan fingerprint density at radius 2 is 1.75 bits per heavy atom. The Balaban J connectivity index is 2.31. The van der Waals surface area contributed by atoms with Gasteiger partial charge in [-0.1, -0.05) is 44.9 Å². The van der Waals surface area contributed by atoms with Gasteiger partial charge in [0.1, 0.15) is 11.9 Å². The predicted molar refractivity (Wildman–Crippen MR) is 116 cm³/mol. The number of hydrogen-bond acceptors (Lipinski definition) is 4. The summed E-state index contributed by atoms with van der Waals surface area (Å²) in [5.41, 5.74) is 0.857. The molecule has 0 aliphatic rings. The number of carboxylic acid groups (broad SMARTS) is 1. The summed E-state index contributed by atoms with van der Waals surface area (Å²) in [4.78, 5) is 23.3. The molecular weight excluding hydrogens is 562 g/mol. The fraction of sp³-hybridized carbons (Fsp3) is 0.158. The molecule has 0 heterocycles. The van der Waals surface area contributed by atoms with Gasteiger partial charge in [0.2, 0.25) is 0 Å². The zero-order valence-electron chi connectivity index (χ0n) is 14.5. The second kappa shape index (κ2) is 10.1. The first-order valence-electron chi connectivity index (χ1n) is 7.99. The second-order valence-electron chi connectivity index (χ2n) is 5.84. The van der Waals surface area contributed by atoms with Crippen molar-refractivity contribution >= 4 is 65.5 Å². The molecule has 3 N–H and O–H groups in total. The van der Waals surface area contributed by atoms with Crippen molar-refractivity contribution in [3.8, 4) is 5.75 Å². The van der Waals surface area contributed by atoms with Gasteiger partial charge in [-0.3, -0.25) is 5.32 Å². The minimum Gasteiger partial charge on any atom is -0.506 e. The molecule has 28 heavy (non-hydrogen) atoms. The van der Waals surface area contributed by atoms with Gasteiger partial charge in [0.05, 0.1) is 4.47 Å². The molecule has 2 aromatic carbocycles. The molecule has 2 atom stereocenters. The Kier molecular flexibility index (Phi) is 8.09. The third-order valence-corrected chi connectivity index (χ3v) is 5.30. The number of nitrogens with one attached hydrogen (secondary N) is 1. The number of halogens is 3. The highest BCUT2D eigenvalue weighted by atomic mass is 79.9. The van der Waals surface area contributed by atoms with Gasteiger partial charge in [0.15, 0.2) is 0 Å². The lowest BCUT2D eigenvalue weighted by Gasteiger charge is -2.24. The Hall–Kier alpha value is -1.84. The fourth-order valence-electron chi connectivity index (χ4n) is 2.39. The number of phenolic OH excluding ortho intramolecular Hbond substituents is 1. The Morgan fingerprint density at radius 1 is 1.11 bits per heavy atom. The first-order valence-corrected chi connectivity index (χ1v) is 10.4. The van der Waals surface area contributed by atoms with Crippen LogP contribution >= 0.6 is 47.8 Å². The largest absolute Gasteiger partial charge is 0.506 e. The number of carboxylic acids is 1. The molecule has 0 saturated carbocycles. The molecule has 0 aliphatic carbocycles. The van der Waals surface area contributed by atoms with E-state index in [1.165, 1.54) is 6.08 Å². The van der Waals surface area contributed by atoms with Crippen LogP contribution in [0.3, 0.4) is 0 Å². The molecule has 0 fully saturated rings. The molecular formula is C19H16Br3NO5.